The average molecular weight is 252 g/mol. The number of nitrogens with one attached hydrogen (secondary N) is 1. The third kappa shape index (κ3) is 5.04. The number of hydrogen-bond donors (Lipinski definition) is 2. The van der Waals surface area contributed by atoms with E-state index in [1.165, 1.54) is 0 Å². The van der Waals surface area contributed by atoms with Crippen LogP contribution in [0.1, 0.15) is 38.3 Å². The lowest BCUT2D eigenvalue weighted by atomic mass is 10.0. The molecule has 0 saturated carbocycles. The van der Waals surface area contributed by atoms with Gasteiger partial charge in [0.15, 0.2) is 0 Å². The Morgan fingerprint density at radius 2 is 1.89 bits per heavy atom. The standard InChI is InChI=1S/C14H24N2O2/c1-3-10-18-13-7-5-12(6-8-13)14(16-15)9-11-17-4-2/h5-8,14,16H,3-4,9-11,15H2,1-2H3. The van der Waals surface area contributed by atoms with Crippen LogP contribution in [0, 0.1) is 0 Å². The van der Waals surface area contributed by atoms with E-state index < -0.39 is 0 Å². The van der Waals surface area contributed by atoms with Crippen LogP contribution in [0.2, 0.25) is 0 Å². The van der Waals surface area contributed by atoms with Crippen LogP contribution >= 0.6 is 0 Å². The van der Waals surface area contributed by atoms with E-state index in [2.05, 4.69) is 12.3 Å². The molecule has 1 unspecified atom stereocenters. The first kappa shape index (κ1) is 15.0. The summed E-state index contributed by atoms with van der Waals surface area (Å²) in [5.41, 5.74) is 3.97. The second kappa shape index (κ2) is 8.91. The van der Waals surface area contributed by atoms with Crippen LogP contribution in [0.25, 0.3) is 0 Å². The van der Waals surface area contributed by atoms with E-state index in [4.69, 9.17) is 15.3 Å². The molecule has 1 rings (SSSR count). The first-order chi connectivity index (χ1) is 8.81. The first-order valence-electron chi connectivity index (χ1n) is 6.58. The van der Waals surface area contributed by atoms with Crippen molar-refractivity contribution in [2.75, 3.05) is 19.8 Å². The fraction of sp³-hybridized carbons (Fsp3) is 0.571. The molecule has 0 fully saturated rings. The van der Waals surface area contributed by atoms with E-state index in [9.17, 15) is 0 Å². The normalized spacial score (nSPS) is 12.4. The summed E-state index contributed by atoms with van der Waals surface area (Å²) >= 11 is 0. The summed E-state index contributed by atoms with van der Waals surface area (Å²) in [7, 11) is 0. The smallest absolute Gasteiger partial charge is 0.119 e. The lowest BCUT2D eigenvalue weighted by molar-refractivity contribution is 0.136. The van der Waals surface area contributed by atoms with Crippen LogP contribution in [0.4, 0.5) is 0 Å². The van der Waals surface area contributed by atoms with Crippen LogP contribution < -0.4 is 16.0 Å². The molecule has 0 amide bonds. The Morgan fingerprint density at radius 3 is 2.44 bits per heavy atom. The monoisotopic (exact) mass is 252 g/mol. The van der Waals surface area contributed by atoms with Gasteiger partial charge < -0.3 is 9.47 Å². The molecule has 0 bridgehead atoms. The molecule has 1 aromatic rings. The number of hydrazine groups is 1. The van der Waals surface area contributed by atoms with Crippen molar-refractivity contribution < 1.29 is 9.47 Å². The molecule has 0 radical (unpaired) electrons. The number of hydrogen-bond acceptors (Lipinski definition) is 4. The van der Waals surface area contributed by atoms with Crippen LogP contribution in [0.5, 0.6) is 5.75 Å². The number of ether oxygens (including phenoxy) is 2. The third-order valence-electron chi connectivity index (χ3n) is 2.71. The van der Waals surface area contributed by atoms with Gasteiger partial charge in [-0.1, -0.05) is 19.1 Å². The van der Waals surface area contributed by atoms with Crippen molar-refractivity contribution in [3.8, 4) is 5.75 Å². The second-order valence-electron chi connectivity index (χ2n) is 4.12. The molecule has 1 aromatic carbocycles. The minimum Gasteiger partial charge on any atom is -0.494 e. The van der Waals surface area contributed by atoms with Crippen molar-refractivity contribution in [2.24, 2.45) is 5.84 Å². The molecule has 0 aliphatic rings. The molecule has 0 spiro atoms. The molecular formula is C14H24N2O2. The second-order valence-corrected chi connectivity index (χ2v) is 4.12. The minimum atomic E-state index is 0.122. The largest absolute Gasteiger partial charge is 0.494 e. The van der Waals surface area contributed by atoms with Gasteiger partial charge in [-0.05, 0) is 37.5 Å². The van der Waals surface area contributed by atoms with Gasteiger partial charge in [-0.25, -0.2) is 0 Å². The molecule has 0 aliphatic carbocycles. The number of benzene rings is 1. The molecule has 0 heterocycles. The molecule has 4 nitrogen and oxygen atoms in total. The minimum absolute atomic E-state index is 0.122. The van der Waals surface area contributed by atoms with E-state index in [0.717, 1.165) is 37.4 Å². The molecule has 0 aliphatic heterocycles. The molecule has 0 saturated heterocycles. The first-order valence-corrected chi connectivity index (χ1v) is 6.58. The Balaban J connectivity index is 2.52. The zero-order chi connectivity index (χ0) is 13.2. The average Bonchev–Trinajstić information content (AvgIpc) is 2.42. The predicted molar refractivity (Wildman–Crippen MR) is 73.4 cm³/mol. The maximum absolute atomic E-state index is 5.57. The van der Waals surface area contributed by atoms with Crippen molar-refractivity contribution in [1.82, 2.24) is 5.43 Å². The van der Waals surface area contributed by atoms with Crippen molar-refractivity contribution in [3.05, 3.63) is 29.8 Å². The molecule has 3 N–H and O–H groups in total. The van der Waals surface area contributed by atoms with Crippen LogP contribution in [-0.4, -0.2) is 19.8 Å². The van der Waals surface area contributed by atoms with Crippen molar-refractivity contribution in [3.63, 3.8) is 0 Å². The Kier molecular flexibility index (Phi) is 7.41. The van der Waals surface area contributed by atoms with Gasteiger partial charge in [-0.3, -0.25) is 11.3 Å². The van der Waals surface area contributed by atoms with Crippen LogP contribution in [0.15, 0.2) is 24.3 Å². The lowest BCUT2D eigenvalue weighted by Gasteiger charge is -2.16. The lowest BCUT2D eigenvalue weighted by Crippen LogP contribution is -2.29. The zero-order valence-electron chi connectivity index (χ0n) is 11.3. The highest BCUT2D eigenvalue weighted by Gasteiger charge is 2.09. The third-order valence-corrected chi connectivity index (χ3v) is 2.71. The fourth-order valence-corrected chi connectivity index (χ4v) is 1.71. The summed E-state index contributed by atoms with van der Waals surface area (Å²) < 4.78 is 10.9. The van der Waals surface area contributed by atoms with Gasteiger partial charge in [0.25, 0.3) is 0 Å². The van der Waals surface area contributed by atoms with E-state index in [1.54, 1.807) is 0 Å². The topological polar surface area (TPSA) is 56.5 Å². The van der Waals surface area contributed by atoms with Crippen molar-refractivity contribution in [1.29, 1.82) is 0 Å². The van der Waals surface area contributed by atoms with Gasteiger partial charge in [0, 0.05) is 19.3 Å². The maximum atomic E-state index is 5.57. The highest BCUT2D eigenvalue weighted by atomic mass is 16.5. The fourth-order valence-electron chi connectivity index (χ4n) is 1.71. The quantitative estimate of drug-likeness (QED) is 0.402. The van der Waals surface area contributed by atoms with Gasteiger partial charge in [0.2, 0.25) is 0 Å². The van der Waals surface area contributed by atoms with Crippen LogP contribution in [-0.2, 0) is 4.74 Å². The van der Waals surface area contributed by atoms with Crippen molar-refractivity contribution >= 4 is 0 Å². The maximum Gasteiger partial charge on any atom is 0.119 e. The number of nitrogens with two attached hydrogens (primary N) is 1. The SMILES string of the molecule is CCCOc1ccc(C(CCOCC)NN)cc1. The van der Waals surface area contributed by atoms with E-state index in [1.807, 2.05) is 31.2 Å². The van der Waals surface area contributed by atoms with Gasteiger partial charge in [0.05, 0.1) is 6.61 Å². The van der Waals surface area contributed by atoms with Crippen LogP contribution in [0.3, 0.4) is 0 Å². The summed E-state index contributed by atoms with van der Waals surface area (Å²) in [5, 5.41) is 0. The molecule has 0 aromatic heterocycles. The Bertz CT molecular complexity index is 314. The summed E-state index contributed by atoms with van der Waals surface area (Å²) in [6.07, 6.45) is 1.88. The summed E-state index contributed by atoms with van der Waals surface area (Å²) in [4.78, 5) is 0. The number of rotatable bonds is 9. The molecule has 1 atom stereocenters. The van der Waals surface area contributed by atoms with E-state index >= 15 is 0 Å². The van der Waals surface area contributed by atoms with Gasteiger partial charge >= 0.3 is 0 Å². The predicted octanol–water partition coefficient (Wildman–Crippen LogP) is 2.41. The van der Waals surface area contributed by atoms with Gasteiger partial charge in [-0.2, -0.15) is 0 Å². The molecule has 4 heteroatoms. The zero-order valence-corrected chi connectivity index (χ0v) is 11.3. The summed E-state index contributed by atoms with van der Waals surface area (Å²) in [6, 6.07) is 8.17. The van der Waals surface area contributed by atoms with Crippen molar-refractivity contribution in [2.45, 2.75) is 32.7 Å². The van der Waals surface area contributed by atoms with E-state index in [0.29, 0.717) is 6.61 Å². The highest BCUT2D eigenvalue weighted by Crippen LogP contribution is 2.20. The van der Waals surface area contributed by atoms with E-state index in [-0.39, 0.29) is 6.04 Å². The Hall–Kier alpha value is -1.10. The van der Waals surface area contributed by atoms with Gasteiger partial charge in [-0.15, -0.1) is 0 Å². The molecule has 18 heavy (non-hydrogen) atoms. The van der Waals surface area contributed by atoms with Gasteiger partial charge in [0.1, 0.15) is 5.75 Å². The summed E-state index contributed by atoms with van der Waals surface area (Å²) in [6.45, 7) is 6.28. The Labute approximate surface area is 109 Å². The Morgan fingerprint density at radius 1 is 1.17 bits per heavy atom. The highest BCUT2D eigenvalue weighted by molar-refractivity contribution is 5.29. The molecular weight excluding hydrogens is 228 g/mol. The summed E-state index contributed by atoms with van der Waals surface area (Å²) in [5.74, 6) is 6.47. The molecule has 102 valence electrons.